The van der Waals surface area contributed by atoms with Crippen molar-refractivity contribution in [3.05, 3.63) is 24.5 Å². The summed E-state index contributed by atoms with van der Waals surface area (Å²) in [5.41, 5.74) is 8.46. The summed E-state index contributed by atoms with van der Waals surface area (Å²) in [6, 6.07) is 3.96. The molecule has 1 fully saturated rings. The van der Waals surface area contributed by atoms with E-state index < -0.39 is 0 Å². The van der Waals surface area contributed by atoms with E-state index in [1.807, 2.05) is 18.3 Å². The van der Waals surface area contributed by atoms with E-state index >= 15 is 0 Å². The molecule has 0 unspecified atom stereocenters. The van der Waals surface area contributed by atoms with E-state index in [1.54, 1.807) is 6.20 Å². The summed E-state index contributed by atoms with van der Waals surface area (Å²) in [6.45, 7) is 2.14. The van der Waals surface area contributed by atoms with Crippen molar-refractivity contribution in [1.82, 2.24) is 15.2 Å². The Kier molecular flexibility index (Phi) is 2.44. The third-order valence-corrected chi connectivity index (χ3v) is 3.13. The molecular weight excluding hydrogens is 214 g/mol. The van der Waals surface area contributed by atoms with Crippen LogP contribution < -0.4 is 10.6 Å². The van der Waals surface area contributed by atoms with Gasteiger partial charge < -0.3 is 10.6 Å². The molecule has 5 nitrogen and oxygen atoms in total. The molecule has 0 amide bonds. The highest BCUT2D eigenvalue weighted by atomic mass is 15.2. The SMILES string of the molecule is Nc1cn[nH]c1-c1cccnc1N1CCCC1. The molecule has 0 radical (unpaired) electrons. The lowest BCUT2D eigenvalue weighted by atomic mass is 10.1. The van der Waals surface area contributed by atoms with Gasteiger partial charge in [-0.25, -0.2) is 4.98 Å². The monoisotopic (exact) mass is 229 g/mol. The molecule has 2 aromatic rings. The maximum absolute atomic E-state index is 5.90. The summed E-state index contributed by atoms with van der Waals surface area (Å²) in [6.07, 6.45) is 5.92. The van der Waals surface area contributed by atoms with Crippen molar-refractivity contribution in [2.45, 2.75) is 12.8 Å². The molecule has 0 saturated carbocycles. The number of aromatic amines is 1. The minimum Gasteiger partial charge on any atom is -0.396 e. The highest BCUT2D eigenvalue weighted by Crippen LogP contribution is 2.32. The van der Waals surface area contributed by atoms with Crippen LogP contribution in [0.1, 0.15) is 12.8 Å². The average Bonchev–Trinajstić information content (AvgIpc) is 3.00. The molecule has 0 atom stereocenters. The molecule has 2 aromatic heterocycles. The van der Waals surface area contributed by atoms with Gasteiger partial charge in [0, 0.05) is 24.8 Å². The Morgan fingerprint density at radius 1 is 1.29 bits per heavy atom. The lowest BCUT2D eigenvalue weighted by molar-refractivity contribution is 0.937. The number of nitrogens with two attached hydrogens (primary N) is 1. The molecule has 0 aromatic carbocycles. The lowest BCUT2D eigenvalue weighted by Gasteiger charge is -2.19. The molecule has 88 valence electrons. The van der Waals surface area contributed by atoms with Gasteiger partial charge in [-0.1, -0.05) is 0 Å². The van der Waals surface area contributed by atoms with E-state index in [-0.39, 0.29) is 0 Å². The number of H-pyrrole nitrogens is 1. The second-order valence-electron chi connectivity index (χ2n) is 4.27. The van der Waals surface area contributed by atoms with E-state index in [4.69, 9.17) is 5.73 Å². The summed E-state index contributed by atoms with van der Waals surface area (Å²) in [5.74, 6) is 1.00. The first kappa shape index (κ1) is 10.1. The van der Waals surface area contributed by atoms with Gasteiger partial charge in [-0.3, -0.25) is 5.10 Å². The standard InChI is InChI=1S/C12H15N5/c13-10-8-15-16-11(10)9-4-3-5-14-12(9)17-6-1-2-7-17/h3-5,8H,1-2,6-7,13H2,(H,15,16). The zero-order chi connectivity index (χ0) is 11.7. The molecule has 0 aliphatic carbocycles. The molecule has 3 rings (SSSR count). The normalized spacial score (nSPS) is 15.4. The van der Waals surface area contributed by atoms with E-state index in [0.717, 1.165) is 30.2 Å². The largest absolute Gasteiger partial charge is 0.396 e. The number of anilines is 2. The number of nitrogens with one attached hydrogen (secondary N) is 1. The molecule has 1 aliphatic heterocycles. The van der Waals surface area contributed by atoms with E-state index in [0.29, 0.717) is 5.69 Å². The Morgan fingerprint density at radius 2 is 2.12 bits per heavy atom. The molecular formula is C12H15N5. The number of nitrogens with zero attached hydrogens (tertiary/aromatic N) is 3. The van der Waals surface area contributed by atoms with Gasteiger partial charge in [0.1, 0.15) is 5.82 Å². The minimum atomic E-state index is 0.665. The number of nitrogen functional groups attached to an aromatic ring is 1. The predicted molar refractivity (Wildman–Crippen MR) is 67.7 cm³/mol. The van der Waals surface area contributed by atoms with Gasteiger partial charge in [-0.2, -0.15) is 5.10 Å². The van der Waals surface area contributed by atoms with Crippen molar-refractivity contribution in [2.75, 3.05) is 23.7 Å². The Hall–Kier alpha value is -2.04. The van der Waals surface area contributed by atoms with Crippen LogP contribution in [0.5, 0.6) is 0 Å². The van der Waals surface area contributed by atoms with Crippen LogP contribution in [0.4, 0.5) is 11.5 Å². The van der Waals surface area contributed by atoms with E-state index in [9.17, 15) is 0 Å². The van der Waals surface area contributed by atoms with Gasteiger partial charge in [0.15, 0.2) is 0 Å². The fraction of sp³-hybridized carbons (Fsp3) is 0.333. The maximum Gasteiger partial charge on any atom is 0.138 e. The Balaban J connectivity index is 2.07. The van der Waals surface area contributed by atoms with Crippen molar-refractivity contribution in [3.8, 4) is 11.3 Å². The number of aromatic nitrogens is 3. The predicted octanol–water partition coefficient (Wildman–Crippen LogP) is 1.65. The van der Waals surface area contributed by atoms with Crippen molar-refractivity contribution in [2.24, 2.45) is 0 Å². The zero-order valence-corrected chi connectivity index (χ0v) is 9.56. The Labute approximate surface area is 99.7 Å². The van der Waals surface area contributed by atoms with Crippen LogP contribution in [-0.2, 0) is 0 Å². The molecule has 0 spiro atoms. The first-order valence-corrected chi connectivity index (χ1v) is 5.85. The van der Waals surface area contributed by atoms with Crippen molar-refractivity contribution < 1.29 is 0 Å². The van der Waals surface area contributed by atoms with Crippen molar-refractivity contribution in [3.63, 3.8) is 0 Å². The summed E-state index contributed by atoms with van der Waals surface area (Å²) >= 11 is 0. The first-order chi connectivity index (χ1) is 8.36. The van der Waals surface area contributed by atoms with Crippen LogP contribution in [0.2, 0.25) is 0 Å². The maximum atomic E-state index is 5.90. The summed E-state index contributed by atoms with van der Waals surface area (Å²) in [4.78, 5) is 6.78. The highest BCUT2D eigenvalue weighted by Gasteiger charge is 2.19. The third-order valence-electron chi connectivity index (χ3n) is 3.13. The molecule has 3 heterocycles. The summed E-state index contributed by atoms with van der Waals surface area (Å²) in [7, 11) is 0. The van der Waals surface area contributed by atoms with Crippen LogP contribution in [0.3, 0.4) is 0 Å². The van der Waals surface area contributed by atoms with Crippen LogP contribution in [0, 0.1) is 0 Å². The number of hydrogen-bond donors (Lipinski definition) is 2. The van der Waals surface area contributed by atoms with E-state index in [2.05, 4.69) is 20.1 Å². The van der Waals surface area contributed by atoms with Gasteiger partial charge in [0.2, 0.25) is 0 Å². The number of hydrogen-bond acceptors (Lipinski definition) is 4. The average molecular weight is 229 g/mol. The van der Waals surface area contributed by atoms with Crippen LogP contribution in [0.15, 0.2) is 24.5 Å². The fourth-order valence-corrected chi connectivity index (χ4v) is 2.28. The molecule has 1 saturated heterocycles. The second kappa shape index (κ2) is 4.08. The van der Waals surface area contributed by atoms with Gasteiger partial charge in [0.25, 0.3) is 0 Å². The Morgan fingerprint density at radius 3 is 2.82 bits per heavy atom. The van der Waals surface area contributed by atoms with Crippen LogP contribution >= 0.6 is 0 Å². The quantitative estimate of drug-likeness (QED) is 0.821. The van der Waals surface area contributed by atoms with Crippen molar-refractivity contribution >= 4 is 11.5 Å². The van der Waals surface area contributed by atoms with Crippen LogP contribution in [-0.4, -0.2) is 28.3 Å². The van der Waals surface area contributed by atoms with Gasteiger partial charge in [0.05, 0.1) is 17.6 Å². The second-order valence-corrected chi connectivity index (χ2v) is 4.27. The molecule has 1 aliphatic rings. The molecule has 0 bridgehead atoms. The molecule has 17 heavy (non-hydrogen) atoms. The third kappa shape index (κ3) is 1.73. The lowest BCUT2D eigenvalue weighted by Crippen LogP contribution is -2.19. The van der Waals surface area contributed by atoms with Gasteiger partial charge >= 0.3 is 0 Å². The van der Waals surface area contributed by atoms with Crippen LogP contribution in [0.25, 0.3) is 11.3 Å². The minimum absolute atomic E-state index is 0.665. The molecule has 3 N–H and O–H groups in total. The number of rotatable bonds is 2. The smallest absolute Gasteiger partial charge is 0.138 e. The summed E-state index contributed by atoms with van der Waals surface area (Å²) in [5, 5.41) is 6.91. The number of pyridine rings is 1. The van der Waals surface area contributed by atoms with Gasteiger partial charge in [-0.05, 0) is 25.0 Å². The Bertz CT molecular complexity index is 513. The fourth-order valence-electron chi connectivity index (χ4n) is 2.28. The summed E-state index contributed by atoms with van der Waals surface area (Å²) < 4.78 is 0. The zero-order valence-electron chi connectivity index (χ0n) is 9.56. The molecule has 5 heteroatoms. The highest BCUT2D eigenvalue weighted by molar-refractivity contribution is 5.80. The van der Waals surface area contributed by atoms with Crippen molar-refractivity contribution in [1.29, 1.82) is 0 Å². The first-order valence-electron chi connectivity index (χ1n) is 5.85. The van der Waals surface area contributed by atoms with Gasteiger partial charge in [-0.15, -0.1) is 0 Å². The topological polar surface area (TPSA) is 70.8 Å². The van der Waals surface area contributed by atoms with E-state index in [1.165, 1.54) is 12.8 Å².